The fraction of sp³-hybridized carbons (Fsp3) is 0.133. The molecular weight excluding hydrogens is 222 g/mol. The smallest absolute Gasteiger partial charge is 0.133 e. The highest BCUT2D eigenvalue weighted by molar-refractivity contribution is 5.83. The first-order chi connectivity index (χ1) is 8.75. The summed E-state index contributed by atoms with van der Waals surface area (Å²) in [4.78, 5) is 6.62. The Labute approximate surface area is 107 Å². The topological polar surface area (TPSA) is 42.2 Å². The fourth-order valence-electron chi connectivity index (χ4n) is 2.25. The highest BCUT2D eigenvalue weighted by Gasteiger charge is 2.17. The predicted octanol–water partition coefficient (Wildman–Crippen LogP) is 3.14. The van der Waals surface area contributed by atoms with Gasteiger partial charge in [0.2, 0.25) is 0 Å². The van der Waals surface area contributed by atoms with Crippen LogP contribution in [0.2, 0.25) is 0 Å². The summed E-state index contributed by atoms with van der Waals surface area (Å²) in [5.74, 6) is 0.964. The molecule has 0 unspecified atom stereocenters. The van der Waals surface area contributed by atoms with Crippen molar-refractivity contribution in [1.82, 2.24) is 4.98 Å². The maximum Gasteiger partial charge on any atom is 0.133 e. The number of nitrogen functional groups attached to an aromatic ring is 1. The first-order valence-corrected chi connectivity index (χ1v) is 6.01. The molecule has 0 radical (unpaired) electrons. The molecule has 2 heterocycles. The van der Waals surface area contributed by atoms with Crippen LogP contribution in [0, 0.1) is 6.92 Å². The van der Waals surface area contributed by atoms with Crippen molar-refractivity contribution in [3.63, 3.8) is 0 Å². The number of rotatable bonds is 1. The Kier molecular flexibility index (Phi) is 2.52. The van der Waals surface area contributed by atoms with Crippen LogP contribution in [0.15, 0.2) is 42.6 Å². The van der Waals surface area contributed by atoms with Gasteiger partial charge in [-0.3, -0.25) is 0 Å². The van der Waals surface area contributed by atoms with E-state index in [1.54, 1.807) is 0 Å². The minimum Gasteiger partial charge on any atom is -0.398 e. The second kappa shape index (κ2) is 4.18. The number of benzene rings is 1. The third kappa shape index (κ3) is 1.74. The van der Waals surface area contributed by atoms with E-state index in [-0.39, 0.29) is 0 Å². The molecule has 1 aliphatic rings. The lowest BCUT2D eigenvalue weighted by Gasteiger charge is -2.28. The Bertz CT molecular complexity index is 617. The van der Waals surface area contributed by atoms with Crippen LogP contribution in [0.25, 0.3) is 6.08 Å². The monoisotopic (exact) mass is 237 g/mol. The minimum absolute atomic E-state index is 0.807. The van der Waals surface area contributed by atoms with Gasteiger partial charge in [0.05, 0.1) is 5.69 Å². The summed E-state index contributed by atoms with van der Waals surface area (Å²) in [7, 11) is 0. The van der Waals surface area contributed by atoms with E-state index in [4.69, 9.17) is 5.73 Å². The Morgan fingerprint density at radius 2 is 2.17 bits per heavy atom. The lowest BCUT2D eigenvalue weighted by atomic mass is 10.1. The first kappa shape index (κ1) is 10.8. The molecule has 0 amide bonds. The summed E-state index contributed by atoms with van der Waals surface area (Å²) in [6, 6.07) is 10.1. The number of fused-ring (bicyclic) bond motifs is 1. The summed E-state index contributed by atoms with van der Waals surface area (Å²) in [6.45, 7) is 2.90. The van der Waals surface area contributed by atoms with Gasteiger partial charge in [-0.25, -0.2) is 4.98 Å². The van der Waals surface area contributed by atoms with Gasteiger partial charge < -0.3 is 10.6 Å². The molecule has 3 nitrogen and oxygen atoms in total. The van der Waals surface area contributed by atoms with Crippen LogP contribution >= 0.6 is 0 Å². The molecule has 0 saturated carbocycles. The number of aryl methyl sites for hydroxylation is 1. The molecule has 0 bridgehead atoms. The standard InChI is InChI=1S/C15H15N3/c1-11-7-8-17-15(10-11)18-9-3-4-12-13(16)5-2-6-14(12)18/h2-8,10H,9,16H2,1H3. The van der Waals surface area contributed by atoms with E-state index >= 15 is 0 Å². The van der Waals surface area contributed by atoms with Crippen LogP contribution in [0.5, 0.6) is 0 Å². The highest BCUT2D eigenvalue weighted by Crippen LogP contribution is 2.34. The van der Waals surface area contributed by atoms with E-state index in [1.165, 1.54) is 5.56 Å². The molecule has 2 N–H and O–H groups in total. The minimum atomic E-state index is 0.807. The van der Waals surface area contributed by atoms with E-state index in [2.05, 4.69) is 41.1 Å². The van der Waals surface area contributed by atoms with E-state index < -0.39 is 0 Å². The fourth-order valence-corrected chi connectivity index (χ4v) is 2.25. The molecule has 1 aromatic heterocycles. The largest absolute Gasteiger partial charge is 0.398 e. The Morgan fingerprint density at radius 3 is 3.00 bits per heavy atom. The third-order valence-corrected chi connectivity index (χ3v) is 3.16. The average Bonchev–Trinajstić information content (AvgIpc) is 2.39. The van der Waals surface area contributed by atoms with Crippen molar-refractivity contribution in [2.24, 2.45) is 0 Å². The number of aromatic nitrogens is 1. The van der Waals surface area contributed by atoms with Crippen molar-refractivity contribution in [2.75, 3.05) is 17.2 Å². The predicted molar refractivity (Wildman–Crippen MR) is 75.9 cm³/mol. The van der Waals surface area contributed by atoms with Crippen molar-refractivity contribution >= 4 is 23.3 Å². The van der Waals surface area contributed by atoms with Crippen molar-refractivity contribution in [1.29, 1.82) is 0 Å². The maximum absolute atomic E-state index is 6.01. The normalized spacial score (nSPS) is 13.5. The summed E-state index contributed by atoms with van der Waals surface area (Å²) in [5, 5.41) is 0. The Hall–Kier alpha value is -2.29. The van der Waals surface area contributed by atoms with Crippen molar-refractivity contribution in [3.05, 3.63) is 53.7 Å². The average molecular weight is 237 g/mol. The first-order valence-electron chi connectivity index (χ1n) is 6.01. The van der Waals surface area contributed by atoms with Gasteiger partial charge in [-0.05, 0) is 36.8 Å². The molecule has 0 fully saturated rings. The quantitative estimate of drug-likeness (QED) is 0.775. The molecule has 1 aromatic carbocycles. The van der Waals surface area contributed by atoms with Crippen LogP contribution in [-0.4, -0.2) is 11.5 Å². The highest BCUT2D eigenvalue weighted by atomic mass is 15.2. The third-order valence-electron chi connectivity index (χ3n) is 3.16. The van der Waals surface area contributed by atoms with Gasteiger partial charge in [-0.2, -0.15) is 0 Å². The zero-order chi connectivity index (χ0) is 12.5. The second-order valence-corrected chi connectivity index (χ2v) is 4.48. The van der Waals surface area contributed by atoms with Crippen molar-refractivity contribution in [3.8, 4) is 0 Å². The Morgan fingerprint density at radius 1 is 1.28 bits per heavy atom. The molecule has 3 rings (SSSR count). The number of anilines is 3. The van der Waals surface area contributed by atoms with Crippen LogP contribution in [0.1, 0.15) is 11.1 Å². The number of nitrogens with zero attached hydrogens (tertiary/aromatic N) is 2. The summed E-state index contributed by atoms with van der Waals surface area (Å²) < 4.78 is 0. The molecule has 1 aliphatic heterocycles. The van der Waals surface area contributed by atoms with Crippen LogP contribution in [-0.2, 0) is 0 Å². The van der Waals surface area contributed by atoms with Crippen molar-refractivity contribution < 1.29 is 0 Å². The molecule has 3 heteroatoms. The lowest BCUT2D eigenvalue weighted by molar-refractivity contribution is 1.03. The zero-order valence-electron chi connectivity index (χ0n) is 10.3. The van der Waals surface area contributed by atoms with Crippen molar-refractivity contribution in [2.45, 2.75) is 6.92 Å². The SMILES string of the molecule is Cc1ccnc(N2CC=Cc3c(N)cccc32)c1. The van der Waals surface area contributed by atoms with Gasteiger partial charge >= 0.3 is 0 Å². The van der Waals surface area contributed by atoms with E-state index in [0.717, 1.165) is 29.3 Å². The molecule has 0 atom stereocenters. The molecule has 0 aliphatic carbocycles. The summed E-state index contributed by atoms with van der Waals surface area (Å²) in [6.07, 6.45) is 6.04. The molecule has 18 heavy (non-hydrogen) atoms. The number of nitrogens with two attached hydrogens (primary N) is 1. The molecule has 90 valence electrons. The van der Waals surface area contributed by atoms with Gasteiger partial charge in [0.15, 0.2) is 0 Å². The van der Waals surface area contributed by atoms with Crippen LogP contribution in [0.4, 0.5) is 17.2 Å². The summed E-state index contributed by atoms with van der Waals surface area (Å²) in [5.41, 5.74) is 10.2. The maximum atomic E-state index is 6.01. The molecular formula is C15H15N3. The number of pyridine rings is 1. The molecule has 2 aromatic rings. The Balaban J connectivity index is 2.12. The van der Waals surface area contributed by atoms with Gasteiger partial charge in [0.25, 0.3) is 0 Å². The molecule has 0 saturated heterocycles. The molecule has 0 spiro atoms. The van der Waals surface area contributed by atoms with Gasteiger partial charge in [-0.15, -0.1) is 0 Å². The lowest BCUT2D eigenvalue weighted by Crippen LogP contribution is -2.21. The van der Waals surface area contributed by atoms with E-state index in [9.17, 15) is 0 Å². The van der Waals surface area contributed by atoms with E-state index in [1.807, 2.05) is 24.4 Å². The van der Waals surface area contributed by atoms with Crippen LogP contribution in [0.3, 0.4) is 0 Å². The van der Waals surface area contributed by atoms with E-state index in [0.29, 0.717) is 0 Å². The number of hydrogen-bond donors (Lipinski definition) is 1. The van der Waals surface area contributed by atoms with Gasteiger partial charge in [0, 0.05) is 24.0 Å². The van der Waals surface area contributed by atoms with Crippen LogP contribution < -0.4 is 10.6 Å². The van der Waals surface area contributed by atoms with Gasteiger partial charge in [0.1, 0.15) is 5.82 Å². The summed E-state index contributed by atoms with van der Waals surface area (Å²) >= 11 is 0. The van der Waals surface area contributed by atoms with Gasteiger partial charge in [-0.1, -0.05) is 18.2 Å². The number of hydrogen-bond acceptors (Lipinski definition) is 3. The zero-order valence-corrected chi connectivity index (χ0v) is 10.3. The second-order valence-electron chi connectivity index (χ2n) is 4.48.